The fourth-order valence-electron chi connectivity index (χ4n) is 3.66. The van der Waals surface area contributed by atoms with Crippen LogP contribution in [0.4, 0.5) is 0 Å². The minimum atomic E-state index is -3.70. The lowest BCUT2D eigenvalue weighted by Gasteiger charge is -2.06. The van der Waals surface area contributed by atoms with E-state index in [1.807, 2.05) is 53.1 Å². The predicted molar refractivity (Wildman–Crippen MR) is 154 cm³/mol. The first-order valence-corrected chi connectivity index (χ1v) is 14.1. The number of hydrogen-bond acceptors (Lipinski definition) is 6. The molecular weight excluding hydrogens is 670 g/mol. The highest BCUT2D eigenvalue weighted by Crippen LogP contribution is 2.35. The van der Waals surface area contributed by atoms with E-state index >= 15 is 0 Å². The standard InChI is InChI=1S/C12H7Cl2N3.C12H7ClIN3O2S/c13-9-4-2-1-3-7(9)8-5-15-12-10(8)11(14)16-6-17-12;13-11-10-9(14)6-17(12(10)16-7-15-11)20(18,19)8-4-2-1-3-5-8/h1-6H,(H,15,16,17);1-7H. The molecular formula is C24H14Cl3IN6O2S. The number of H-pyrrole nitrogens is 1. The normalized spacial score (nSPS) is 11.5. The Morgan fingerprint density at radius 1 is 0.784 bits per heavy atom. The van der Waals surface area contributed by atoms with Gasteiger partial charge in [-0.3, -0.25) is 0 Å². The Bertz CT molecular complexity index is 1860. The highest BCUT2D eigenvalue weighted by molar-refractivity contribution is 14.1. The van der Waals surface area contributed by atoms with Gasteiger partial charge < -0.3 is 4.98 Å². The van der Waals surface area contributed by atoms with Crippen molar-refractivity contribution in [1.29, 1.82) is 0 Å². The van der Waals surface area contributed by atoms with E-state index in [2.05, 4.69) is 24.9 Å². The van der Waals surface area contributed by atoms with Crippen LogP contribution in [0.25, 0.3) is 33.2 Å². The molecule has 0 aliphatic rings. The predicted octanol–water partition coefficient (Wildman–Crippen LogP) is 6.86. The Hall–Kier alpha value is -2.77. The van der Waals surface area contributed by atoms with Crippen molar-refractivity contribution in [3.8, 4) is 11.1 Å². The molecule has 4 aromatic heterocycles. The van der Waals surface area contributed by atoms with E-state index < -0.39 is 10.0 Å². The van der Waals surface area contributed by atoms with Gasteiger partial charge in [0.25, 0.3) is 10.0 Å². The van der Waals surface area contributed by atoms with Gasteiger partial charge in [-0.2, -0.15) is 0 Å². The number of nitrogens with zero attached hydrogens (tertiary/aromatic N) is 5. The molecule has 8 nitrogen and oxygen atoms in total. The van der Waals surface area contributed by atoms with E-state index in [0.717, 1.165) is 20.5 Å². The molecule has 2 aromatic carbocycles. The molecule has 6 rings (SSSR count). The molecule has 1 N–H and O–H groups in total. The molecule has 0 aliphatic heterocycles. The molecule has 0 bridgehead atoms. The molecule has 0 spiro atoms. The van der Waals surface area contributed by atoms with Crippen LogP contribution >= 0.6 is 57.4 Å². The number of nitrogens with one attached hydrogen (secondary N) is 1. The zero-order valence-corrected chi connectivity index (χ0v) is 23.7. The zero-order valence-electron chi connectivity index (χ0n) is 18.5. The summed E-state index contributed by atoms with van der Waals surface area (Å²) in [6.07, 6.45) is 6.01. The van der Waals surface area contributed by atoms with E-state index in [9.17, 15) is 8.42 Å². The van der Waals surface area contributed by atoms with Crippen LogP contribution in [0.1, 0.15) is 0 Å². The van der Waals surface area contributed by atoms with Crippen molar-refractivity contribution < 1.29 is 8.42 Å². The van der Waals surface area contributed by atoms with E-state index in [1.165, 1.54) is 31.0 Å². The van der Waals surface area contributed by atoms with E-state index in [4.69, 9.17) is 34.8 Å². The second-order valence-electron chi connectivity index (χ2n) is 7.52. The van der Waals surface area contributed by atoms with E-state index in [1.54, 1.807) is 18.2 Å². The molecule has 0 saturated carbocycles. The summed E-state index contributed by atoms with van der Waals surface area (Å²) in [5.41, 5.74) is 2.81. The number of hydrogen-bond donors (Lipinski definition) is 1. The molecule has 0 aliphatic carbocycles. The fourth-order valence-corrected chi connectivity index (χ4v) is 6.83. The molecule has 186 valence electrons. The van der Waals surface area contributed by atoms with Gasteiger partial charge in [0.05, 0.1) is 15.7 Å². The lowest BCUT2D eigenvalue weighted by molar-refractivity contribution is 0.588. The number of aromatic nitrogens is 6. The van der Waals surface area contributed by atoms with Crippen molar-refractivity contribution >= 4 is 89.5 Å². The van der Waals surface area contributed by atoms with Gasteiger partial charge >= 0.3 is 0 Å². The summed E-state index contributed by atoms with van der Waals surface area (Å²) in [5, 5.41) is 2.66. The van der Waals surface area contributed by atoms with Crippen LogP contribution in [0.2, 0.25) is 15.3 Å². The maximum absolute atomic E-state index is 12.6. The molecule has 0 fully saturated rings. The van der Waals surface area contributed by atoms with E-state index in [0.29, 0.717) is 24.8 Å². The van der Waals surface area contributed by atoms with Gasteiger partial charge in [-0.05, 0) is 40.8 Å². The summed E-state index contributed by atoms with van der Waals surface area (Å²) in [7, 11) is -3.70. The molecule has 13 heteroatoms. The summed E-state index contributed by atoms with van der Waals surface area (Å²) < 4.78 is 27.1. The second kappa shape index (κ2) is 10.5. The Kier molecular flexibility index (Phi) is 7.37. The number of benzene rings is 2. The Labute approximate surface area is 239 Å². The summed E-state index contributed by atoms with van der Waals surface area (Å²) in [5.74, 6) is 0. The van der Waals surface area contributed by atoms with Crippen molar-refractivity contribution in [2.24, 2.45) is 0 Å². The summed E-state index contributed by atoms with van der Waals surface area (Å²) in [6, 6.07) is 15.8. The van der Waals surface area contributed by atoms with Crippen LogP contribution in [0.3, 0.4) is 0 Å². The average Bonchev–Trinajstić information content (AvgIpc) is 3.49. The Morgan fingerprint density at radius 3 is 2.16 bits per heavy atom. The highest BCUT2D eigenvalue weighted by atomic mass is 127. The number of fused-ring (bicyclic) bond motifs is 2. The van der Waals surface area contributed by atoms with Crippen LogP contribution < -0.4 is 0 Å². The van der Waals surface area contributed by atoms with Gasteiger partial charge in [-0.15, -0.1) is 0 Å². The van der Waals surface area contributed by atoms with Crippen molar-refractivity contribution in [2.45, 2.75) is 4.90 Å². The fraction of sp³-hybridized carbons (Fsp3) is 0. The summed E-state index contributed by atoms with van der Waals surface area (Å²) >= 11 is 20.3. The Morgan fingerprint density at radius 2 is 1.43 bits per heavy atom. The monoisotopic (exact) mass is 682 g/mol. The molecule has 0 radical (unpaired) electrons. The maximum Gasteiger partial charge on any atom is 0.269 e. The molecule has 0 unspecified atom stereocenters. The lowest BCUT2D eigenvalue weighted by atomic mass is 10.1. The Balaban J connectivity index is 0.000000153. The number of aromatic amines is 1. The van der Waals surface area contributed by atoms with E-state index in [-0.39, 0.29) is 15.7 Å². The third-order valence-electron chi connectivity index (χ3n) is 5.35. The van der Waals surface area contributed by atoms with Crippen LogP contribution in [-0.2, 0) is 10.0 Å². The van der Waals surface area contributed by atoms with Gasteiger partial charge in [0, 0.05) is 32.1 Å². The second-order valence-corrected chi connectivity index (χ2v) is 11.6. The van der Waals surface area contributed by atoms with Gasteiger partial charge in [0.15, 0.2) is 5.65 Å². The van der Waals surface area contributed by atoms with Gasteiger partial charge in [0.2, 0.25) is 0 Å². The van der Waals surface area contributed by atoms with Crippen LogP contribution in [0.5, 0.6) is 0 Å². The van der Waals surface area contributed by atoms with Crippen LogP contribution in [0, 0.1) is 3.57 Å². The smallest absolute Gasteiger partial charge is 0.269 e. The van der Waals surface area contributed by atoms with Crippen LogP contribution in [-0.4, -0.2) is 37.3 Å². The molecule has 37 heavy (non-hydrogen) atoms. The quantitative estimate of drug-likeness (QED) is 0.162. The van der Waals surface area contributed by atoms with Gasteiger partial charge in [-0.25, -0.2) is 32.3 Å². The first kappa shape index (κ1) is 25.9. The minimum Gasteiger partial charge on any atom is -0.345 e. The first-order chi connectivity index (χ1) is 17.8. The van der Waals surface area contributed by atoms with Gasteiger partial charge in [-0.1, -0.05) is 71.2 Å². The largest absolute Gasteiger partial charge is 0.345 e. The summed E-state index contributed by atoms with van der Waals surface area (Å²) in [6.45, 7) is 0. The van der Waals surface area contributed by atoms with Crippen molar-refractivity contribution in [1.82, 2.24) is 28.9 Å². The topological polar surface area (TPSA) is 106 Å². The molecule has 4 heterocycles. The summed E-state index contributed by atoms with van der Waals surface area (Å²) in [4.78, 5) is 19.3. The van der Waals surface area contributed by atoms with Gasteiger partial charge in [0.1, 0.15) is 28.6 Å². The molecule has 0 amide bonds. The lowest BCUT2D eigenvalue weighted by Crippen LogP contribution is -2.12. The first-order valence-electron chi connectivity index (χ1n) is 10.5. The maximum atomic E-state index is 12.6. The molecule has 0 atom stereocenters. The number of rotatable bonds is 3. The van der Waals surface area contributed by atoms with Crippen molar-refractivity contribution in [3.63, 3.8) is 0 Å². The van der Waals surface area contributed by atoms with Crippen LogP contribution in [0.15, 0.2) is 84.5 Å². The average molecular weight is 684 g/mol. The third kappa shape index (κ3) is 4.91. The zero-order chi connectivity index (χ0) is 26.2. The number of halogens is 4. The highest BCUT2D eigenvalue weighted by Gasteiger charge is 2.22. The third-order valence-corrected chi connectivity index (χ3v) is 8.73. The molecule has 0 saturated heterocycles. The van der Waals surface area contributed by atoms with Crippen molar-refractivity contribution in [3.05, 3.63) is 98.5 Å². The SMILES string of the molecule is Clc1ccccc1-c1c[nH]c2ncnc(Cl)c12.O=S(=O)(c1ccccc1)n1cc(I)c2c(Cl)ncnc21. The van der Waals surface area contributed by atoms with Crippen molar-refractivity contribution in [2.75, 3.05) is 0 Å². The molecule has 6 aromatic rings. The minimum absolute atomic E-state index is 0.197.